The van der Waals surface area contributed by atoms with Crippen molar-refractivity contribution in [2.24, 2.45) is 0 Å². The number of methoxy groups -OCH3 is 2. The van der Waals surface area contributed by atoms with Crippen LogP contribution in [0.4, 0.5) is 5.69 Å². The van der Waals surface area contributed by atoms with Gasteiger partial charge in [0.1, 0.15) is 0 Å². The first-order valence-corrected chi connectivity index (χ1v) is 8.37. The molecule has 0 radical (unpaired) electrons. The van der Waals surface area contributed by atoms with E-state index in [0.29, 0.717) is 45.8 Å². The average Bonchev–Trinajstić information content (AvgIpc) is 2.65. The minimum atomic E-state index is -0.239. The maximum atomic E-state index is 11.3. The summed E-state index contributed by atoms with van der Waals surface area (Å²) in [6, 6.07) is 5.53. The van der Waals surface area contributed by atoms with Crippen LogP contribution in [0.25, 0.3) is 0 Å². The summed E-state index contributed by atoms with van der Waals surface area (Å²) in [7, 11) is 3.00. The highest BCUT2D eigenvalue weighted by atomic mass is 16.5. The SMILES string of the molecule is COCCOCCN(CCCC(=O)OC)c1cc(CO)cc(CO)c1. The molecule has 0 saturated carbocycles. The summed E-state index contributed by atoms with van der Waals surface area (Å²) in [6.45, 7) is 2.65. The molecule has 7 heteroatoms. The van der Waals surface area contributed by atoms with Gasteiger partial charge in [0.25, 0.3) is 0 Å². The molecule has 0 atom stereocenters. The van der Waals surface area contributed by atoms with E-state index in [1.54, 1.807) is 13.2 Å². The van der Waals surface area contributed by atoms with Crippen molar-refractivity contribution in [1.82, 2.24) is 0 Å². The zero-order valence-corrected chi connectivity index (χ0v) is 15.1. The number of anilines is 1. The zero-order valence-electron chi connectivity index (χ0n) is 15.1. The van der Waals surface area contributed by atoms with Crippen LogP contribution in [0.2, 0.25) is 0 Å². The molecule has 0 aliphatic rings. The van der Waals surface area contributed by atoms with Crippen molar-refractivity contribution >= 4 is 11.7 Å². The Labute approximate surface area is 149 Å². The van der Waals surface area contributed by atoms with Crippen LogP contribution in [-0.4, -0.2) is 63.3 Å². The van der Waals surface area contributed by atoms with Crippen LogP contribution >= 0.6 is 0 Å². The van der Waals surface area contributed by atoms with E-state index in [2.05, 4.69) is 9.64 Å². The van der Waals surface area contributed by atoms with Gasteiger partial charge in [0, 0.05) is 32.3 Å². The molecule has 25 heavy (non-hydrogen) atoms. The van der Waals surface area contributed by atoms with Crippen molar-refractivity contribution in [1.29, 1.82) is 0 Å². The van der Waals surface area contributed by atoms with Gasteiger partial charge in [0.05, 0.1) is 40.1 Å². The second-order valence-corrected chi connectivity index (χ2v) is 5.60. The fourth-order valence-electron chi connectivity index (χ4n) is 2.41. The highest BCUT2D eigenvalue weighted by Crippen LogP contribution is 2.20. The van der Waals surface area contributed by atoms with Crippen molar-refractivity contribution in [3.05, 3.63) is 29.3 Å². The van der Waals surface area contributed by atoms with Gasteiger partial charge in [0.2, 0.25) is 0 Å². The molecular weight excluding hydrogens is 326 g/mol. The van der Waals surface area contributed by atoms with E-state index < -0.39 is 0 Å². The van der Waals surface area contributed by atoms with Crippen LogP contribution in [-0.2, 0) is 32.2 Å². The van der Waals surface area contributed by atoms with Gasteiger partial charge in [-0.25, -0.2) is 0 Å². The van der Waals surface area contributed by atoms with E-state index in [1.165, 1.54) is 7.11 Å². The Bertz CT molecular complexity index is 486. The summed E-state index contributed by atoms with van der Waals surface area (Å²) in [5, 5.41) is 18.8. The third-order valence-electron chi connectivity index (χ3n) is 3.74. The Kier molecular flexibility index (Phi) is 10.8. The minimum Gasteiger partial charge on any atom is -0.469 e. The predicted octanol–water partition coefficient (Wildman–Crippen LogP) is 1.09. The summed E-state index contributed by atoms with van der Waals surface area (Å²) in [5.74, 6) is -0.239. The Hall–Kier alpha value is -1.67. The fraction of sp³-hybridized carbons (Fsp3) is 0.611. The van der Waals surface area contributed by atoms with E-state index in [-0.39, 0.29) is 19.2 Å². The molecule has 142 valence electrons. The number of carbonyl (C=O) groups is 1. The number of aliphatic hydroxyl groups is 2. The molecule has 1 aromatic carbocycles. The molecule has 0 unspecified atom stereocenters. The first-order chi connectivity index (χ1) is 12.1. The maximum absolute atomic E-state index is 11.3. The van der Waals surface area contributed by atoms with Crippen molar-refractivity contribution in [2.75, 3.05) is 52.0 Å². The third-order valence-corrected chi connectivity index (χ3v) is 3.74. The number of esters is 1. The quantitative estimate of drug-likeness (QED) is 0.404. The van der Waals surface area contributed by atoms with Crippen LogP contribution in [0.1, 0.15) is 24.0 Å². The Morgan fingerprint density at radius 2 is 1.68 bits per heavy atom. The number of rotatable bonds is 13. The first kappa shape index (κ1) is 21.4. The van der Waals surface area contributed by atoms with Gasteiger partial charge < -0.3 is 29.3 Å². The Morgan fingerprint density at radius 3 is 2.24 bits per heavy atom. The average molecular weight is 355 g/mol. The minimum absolute atomic E-state index is 0.0961. The van der Waals surface area contributed by atoms with E-state index in [9.17, 15) is 15.0 Å². The second kappa shape index (κ2) is 12.7. The summed E-state index contributed by atoms with van der Waals surface area (Å²) < 4.78 is 15.2. The lowest BCUT2D eigenvalue weighted by Gasteiger charge is -2.26. The standard InChI is InChI=1S/C18H29NO6/c1-23-8-9-25-7-6-19(5-3-4-18(22)24-2)17-11-15(13-20)10-16(12-17)14-21/h10-12,20-21H,3-9,13-14H2,1-2H3. The largest absolute Gasteiger partial charge is 0.469 e. The van der Waals surface area contributed by atoms with Crippen molar-refractivity contribution in [3.8, 4) is 0 Å². The van der Waals surface area contributed by atoms with Crippen LogP contribution in [0.3, 0.4) is 0 Å². The molecule has 0 heterocycles. The van der Waals surface area contributed by atoms with Crippen LogP contribution in [0, 0.1) is 0 Å². The molecule has 1 rings (SSSR count). The smallest absolute Gasteiger partial charge is 0.305 e. The Morgan fingerprint density at radius 1 is 1.00 bits per heavy atom. The molecule has 0 bridgehead atoms. The van der Waals surface area contributed by atoms with Gasteiger partial charge in [-0.2, -0.15) is 0 Å². The van der Waals surface area contributed by atoms with Crippen molar-refractivity contribution in [3.63, 3.8) is 0 Å². The summed E-state index contributed by atoms with van der Waals surface area (Å²) in [4.78, 5) is 13.4. The second-order valence-electron chi connectivity index (χ2n) is 5.60. The van der Waals surface area contributed by atoms with Crippen LogP contribution < -0.4 is 4.90 Å². The topological polar surface area (TPSA) is 88.5 Å². The van der Waals surface area contributed by atoms with E-state index in [0.717, 1.165) is 16.8 Å². The van der Waals surface area contributed by atoms with Crippen LogP contribution in [0.15, 0.2) is 18.2 Å². The van der Waals surface area contributed by atoms with E-state index in [4.69, 9.17) is 9.47 Å². The predicted molar refractivity (Wildman–Crippen MR) is 94.4 cm³/mol. The number of ether oxygens (including phenoxy) is 3. The lowest BCUT2D eigenvalue weighted by molar-refractivity contribution is -0.140. The summed E-state index contributed by atoms with van der Waals surface area (Å²) >= 11 is 0. The number of nitrogens with zero attached hydrogens (tertiary/aromatic N) is 1. The van der Waals surface area contributed by atoms with Crippen molar-refractivity contribution in [2.45, 2.75) is 26.1 Å². The summed E-state index contributed by atoms with van der Waals surface area (Å²) in [6.07, 6.45) is 0.979. The lowest BCUT2D eigenvalue weighted by Crippen LogP contribution is -2.29. The molecule has 7 nitrogen and oxygen atoms in total. The molecule has 0 aliphatic carbocycles. The van der Waals surface area contributed by atoms with Gasteiger partial charge in [-0.15, -0.1) is 0 Å². The van der Waals surface area contributed by atoms with E-state index >= 15 is 0 Å². The number of aliphatic hydroxyl groups excluding tert-OH is 2. The molecule has 1 aromatic rings. The third kappa shape index (κ3) is 8.31. The fourth-order valence-corrected chi connectivity index (χ4v) is 2.41. The highest BCUT2D eigenvalue weighted by molar-refractivity contribution is 5.69. The van der Waals surface area contributed by atoms with Gasteiger partial charge in [0.15, 0.2) is 0 Å². The molecule has 0 spiro atoms. The van der Waals surface area contributed by atoms with E-state index in [1.807, 2.05) is 12.1 Å². The number of carbonyl (C=O) groups excluding carboxylic acids is 1. The molecular formula is C18H29NO6. The van der Waals surface area contributed by atoms with Crippen molar-refractivity contribution < 1.29 is 29.2 Å². The first-order valence-electron chi connectivity index (χ1n) is 8.37. The lowest BCUT2D eigenvalue weighted by atomic mass is 10.1. The molecule has 0 saturated heterocycles. The van der Waals surface area contributed by atoms with Crippen LogP contribution in [0.5, 0.6) is 0 Å². The normalized spacial score (nSPS) is 10.7. The number of hydrogen-bond donors (Lipinski definition) is 2. The van der Waals surface area contributed by atoms with Gasteiger partial charge >= 0.3 is 5.97 Å². The van der Waals surface area contributed by atoms with Gasteiger partial charge in [-0.3, -0.25) is 4.79 Å². The maximum Gasteiger partial charge on any atom is 0.305 e. The molecule has 2 N–H and O–H groups in total. The Balaban J connectivity index is 2.75. The molecule has 0 aliphatic heterocycles. The molecule has 0 aromatic heterocycles. The molecule has 0 amide bonds. The van der Waals surface area contributed by atoms with Gasteiger partial charge in [-0.05, 0) is 29.7 Å². The summed E-state index contributed by atoms with van der Waals surface area (Å²) in [5.41, 5.74) is 2.36. The molecule has 0 fully saturated rings. The highest BCUT2D eigenvalue weighted by Gasteiger charge is 2.11. The monoisotopic (exact) mass is 355 g/mol. The number of benzene rings is 1. The zero-order chi connectivity index (χ0) is 18.5. The number of hydrogen-bond acceptors (Lipinski definition) is 7. The van der Waals surface area contributed by atoms with Gasteiger partial charge in [-0.1, -0.05) is 6.07 Å².